The number of carbonyl (C=O) groups excluding carboxylic acids is 1. The van der Waals surface area contributed by atoms with Crippen molar-refractivity contribution in [1.82, 2.24) is 10.2 Å². The van der Waals surface area contributed by atoms with Crippen LogP contribution in [0.25, 0.3) is 0 Å². The van der Waals surface area contributed by atoms with Gasteiger partial charge in [0.2, 0.25) is 0 Å². The number of carbonyl (C=O) groups is 1. The molecular weight excluding hydrogens is 333 g/mol. The van der Waals surface area contributed by atoms with Gasteiger partial charge in [-0.25, -0.2) is 0 Å². The van der Waals surface area contributed by atoms with Crippen LogP contribution in [0.15, 0.2) is 24.3 Å². The third-order valence-corrected chi connectivity index (χ3v) is 5.12. The number of amides is 1. The van der Waals surface area contributed by atoms with Crippen LogP contribution >= 0.6 is 0 Å². The summed E-state index contributed by atoms with van der Waals surface area (Å²) in [5.41, 5.74) is -2.83. The first kappa shape index (κ1) is 18.2. The number of rotatable bonds is 4. The van der Waals surface area contributed by atoms with Gasteiger partial charge in [0.25, 0.3) is 5.91 Å². The van der Waals surface area contributed by atoms with Gasteiger partial charge in [-0.3, -0.25) is 4.79 Å². The molecule has 7 heteroatoms. The minimum Gasteiger partial charge on any atom is -0.376 e. The second-order valence-electron chi connectivity index (χ2n) is 7.07. The highest BCUT2D eigenvalue weighted by atomic mass is 19.4. The van der Waals surface area contributed by atoms with E-state index in [0.29, 0.717) is 5.56 Å². The summed E-state index contributed by atoms with van der Waals surface area (Å²) in [6.07, 6.45) is -1.02. The molecule has 3 rings (SSSR count). The lowest BCUT2D eigenvalue weighted by atomic mass is 9.94. The molecule has 1 aliphatic carbocycles. The molecule has 2 N–H and O–H groups in total. The summed E-state index contributed by atoms with van der Waals surface area (Å²) in [5.74, 6) is -0.132. The summed E-state index contributed by atoms with van der Waals surface area (Å²) in [5, 5.41) is 13.0. The number of halogens is 3. The number of nitrogens with one attached hydrogen (secondary N) is 1. The third kappa shape index (κ3) is 3.67. The number of alkyl halides is 3. The highest BCUT2D eigenvalue weighted by Gasteiger charge is 2.51. The van der Waals surface area contributed by atoms with Crippen molar-refractivity contribution < 1.29 is 23.1 Å². The Morgan fingerprint density at radius 2 is 1.60 bits per heavy atom. The molecule has 1 saturated heterocycles. The summed E-state index contributed by atoms with van der Waals surface area (Å²) in [7, 11) is 0. The van der Waals surface area contributed by atoms with Crippen LogP contribution < -0.4 is 5.32 Å². The van der Waals surface area contributed by atoms with Gasteiger partial charge in [-0.1, -0.05) is 12.1 Å². The second kappa shape index (κ2) is 6.61. The van der Waals surface area contributed by atoms with Crippen molar-refractivity contribution in [2.75, 3.05) is 13.1 Å². The van der Waals surface area contributed by atoms with Crippen molar-refractivity contribution in [2.45, 2.75) is 56.5 Å². The summed E-state index contributed by atoms with van der Waals surface area (Å²) >= 11 is 0. The minimum absolute atomic E-state index is 0.132. The zero-order valence-electron chi connectivity index (χ0n) is 14.1. The lowest BCUT2D eigenvalue weighted by Crippen LogP contribution is -2.47. The fourth-order valence-electron chi connectivity index (χ4n) is 3.32. The molecule has 2 fully saturated rings. The normalized spacial score (nSPS) is 21.6. The number of nitrogens with zero attached hydrogens (tertiary/aromatic N) is 1. The molecule has 0 aromatic heterocycles. The molecule has 1 heterocycles. The van der Waals surface area contributed by atoms with Crippen molar-refractivity contribution >= 4 is 5.91 Å². The van der Waals surface area contributed by atoms with Gasteiger partial charge in [-0.15, -0.1) is 0 Å². The molecule has 1 atom stereocenters. The van der Waals surface area contributed by atoms with E-state index < -0.39 is 11.8 Å². The van der Waals surface area contributed by atoms with Crippen LogP contribution in [-0.2, 0) is 5.60 Å². The largest absolute Gasteiger partial charge is 0.421 e. The predicted molar refractivity (Wildman–Crippen MR) is 87.2 cm³/mol. The van der Waals surface area contributed by atoms with E-state index in [2.05, 4.69) is 5.32 Å². The molecule has 0 bridgehead atoms. The van der Waals surface area contributed by atoms with Gasteiger partial charge >= 0.3 is 6.18 Å². The maximum absolute atomic E-state index is 12.9. The van der Waals surface area contributed by atoms with E-state index in [4.69, 9.17) is 0 Å². The van der Waals surface area contributed by atoms with Gasteiger partial charge in [0.1, 0.15) is 0 Å². The first-order valence-corrected chi connectivity index (χ1v) is 8.65. The van der Waals surface area contributed by atoms with E-state index in [1.807, 2.05) is 4.90 Å². The van der Waals surface area contributed by atoms with E-state index in [9.17, 15) is 23.1 Å². The van der Waals surface area contributed by atoms with Gasteiger partial charge in [-0.2, -0.15) is 13.2 Å². The van der Waals surface area contributed by atoms with Crippen molar-refractivity contribution in [3.8, 4) is 0 Å². The highest BCUT2D eigenvalue weighted by molar-refractivity contribution is 5.95. The van der Waals surface area contributed by atoms with Crippen molar-refractivity contribution in [3.05, 3.63) is 35.4 Å². The fourth-order valence-corrected chi connectivity index (χ4v) is 3.32. The van der Waals surface area contributed by atoms with Crippen LogP contribution in [-0.4, -0.2) is 47.3 Å². The number of piperidine rings is 1. The van der Waals surface area contributed by atoms with Gasteiger partial charge in [0.05, 0.1) is 0 Å². The zero-order chi connectivity index (χ0) is 18.2. The van der Waals surface area contributed by atoms with Crippen LogP contribution in [0.2, 0.25) is 0 Å². The van der Waals surface area contributed by atoms with Gasteiger partial charge in [0.15, 0.2) is 5.60 Å². The Hall–Kier alpha value is -1.60. The van der Waals surface area contributed by atoms with Crippen LogP contribution in [0, 0.1) is 0 Å². The Bertz CT molecular complexity index is 618. The molecular formula is C18H23F3N2O2. The molecule has 4 nitrogen and oxygen atoms in total. The molecule has 1 aliphatic heterocycles. The lowest BCUT2D eigenvalue weighted by Gasteiger charge is -2.35. The Labute approximate surface area is 145 Å². The Morgan fingerprint density at radius 3 is 2.08 bits per heavy atom. The molecule has 1 amide bonds. The van der Waals surface area contributed by atoms with E-state index in [1.54, 1.807) is 0 Å². The molecule has 138 valence electrons. The van der Waals surface area contributed by atoms with Crippen molar-refractivity contribution in [1.29, 1.82) is 0 Å². The van der Waals surface area contributed by atoms with Crippen LogP contribution in [0.4, 0.5) is 13.2 Å². The summed E-state index contributed by atoms with van der Waals surface area (Å²) < 4.78 is 38.8. The van der Waals surface area contributed by atoms with Crippen LogP contribution in [0.5, 0.6) is 0 Å². The molecule has 1 aromatic carbocycles. The van der Waals surface area contributed by atoms with Crippen LogP contribution in [0.3, 0.4) is 0 Å². The predicted octanol–water partition coefficient (Wildman–Crippen LogP) is 2.81. The fraction of sp³-hybridized carbons (Fsp3) is 0.611. The molecule has 25 heavy (non-hydrogen) atoms. The van der Waals surface area contributed by atoms with E-state index in [1.165, 1.54) is 24.3 Å². The topological polar surface area (TPSA) is 52.6 Å². The van der Waals surface area contributed by atoms with E-state index >= 15 is 0 Å². The standard InChI is InChI=1S/C18H23F3N2O2/c1-17(25,18(19,20)21)13-4-2-12(3-5-13)16(24)23(14-6-7-14)15-8-10-22-11-9-15/h2-5,14-15,22,25H,6-11H2,1H3. The zero-order valence-corrected chi connectivity index (χ0v) is 14.1. The average Bonchev–Trinajstić information content (AvgIpc) is 3.40. The first-order valence-electron chi connectivity index (χ1n) is 8.65. The molecule has 1 saturated carbocycles. The van der Waals surface area contributed by atoms with Gasteiger partial charge < -0.3 is 15.3 Å². The van der Waals surface area contributed by atoms with E-state index in [0.717, 1.165) is 45.7 Å². The summed E-state index contributed by atoms with van der Waals surface area (Å²) in [4.78, 5) is 14.8. The molecule has 1 unspecified atom stereocenters. The van der Waals surface area contributed by atoms with Crippen LogP contribution in [0.1, 0.15) is 48.5 Å². The molecule has 0 spiro atoms. The smallest absolute Gasteiger partial charge is 0.376 e. The van der Waals surface area contributed by atoms with Gasteiger partial charge in [0, 0.05) is 17.6 Å². The third-order valence-electron chi connectivity index (χ3n) is 5.12. The van der Waals surface area contributed by atoms with Gasteiger partial charge in [-0.05, 0) is 63.4 Å². The number of aliphatic hydroxyl groups is 1. The first-order chi connectivity index (χ1) is 11.7. The monoisotopic (exact) mass is 356 g/mol. The lowest BCUT2D eigenvalue weighted by molar-refractivity contribution is -0.258. The SMILES string of the molecule is CC(O)(c1ccc(C(=O)N(C2CCNCC2)C2CC2)cc1)C(F)(F)F. The molecule has 0 radical (unpaired) electrons. The summed E-state index contributed by atoms with van der Waals surface area (Å²) in [6.45, 7) is 2.46. The Morgan fingerprint density at radius 1 is 1.08 bits per heavy atom. The number of hydrogen-bond acceptors (Lipinski definition) is 3. The highest BCUT2D eigenvalue weighted by Crippen LogP contribution is 2.38. The van der Waals surface area contributed by atoms with E-state index in [-0.39, 0.29) is 23.6 Å². The molecule has 1 aromatic rings. The number of hydrogen-bond donors (Lipinski definition) is 2. The Kier molecular flexibility index (Phi) is 4.81. The second-order valence-corrected chi connectivity index (χ2v) is 7.07. The average molecular weight is 356 g/mol. The van der Waals surface area contributed by atoms with Crippen molar-refractivity contribution in [2.24, 2.45) is 0 Å². The molecule has 2 aliphatic rings. The quantitative estimate of drug-likeness (QED) is 0.872. The Balaban J connectivity index is 1.79. The maximum atomic E-state index is 12.9. The van der Waals surface area contributed by atoms with Crippen molar-refractivity contribution in [3.63, 3.8) is 0 Å². The summed E-state index contributed by atoms with van der Waals surface area (Å²) in [6, 6.07) is 5.57. The minimum atomic E-state index is -4.77. The number of benzene rings is 1. The maximum Gasteiger partial charge on any atom is 0.421 e.